The minimum Gasteiger partial charge on any atom is -0.465 e. The summed E-state index contributed by atoms with van der Waals surface area (Å²) in [6.45, 7) is 1.93. The van der Waals surface area contributed by atoms with Gasteiger partial charge in [-0.2, -0.15) is 0 Å². The van der Waals surface area contributed by atoms with Crippen LogP contribution in [0.15, 0.2) is 54.6 Å². The van der Waals surface area contributed by atoms with Crippen molar-refractivity contribution in [2.24, 2.45) is 5.92 Å². The SMILES string of the molecule is CC[C@@H](OC(=O)[C@H]1CC(=O)N(c2ccc(C(=O)OC)cc2)C1)C(=O)c1ccccc1. The number of carbonyl (C=O) groups excluding carboxylic acids is 4. The smallest absolute Gasteiger partial charge is 0.337 e. The number of amides is 1. The lowest BCUT2D eigenvalue weighted by Crippen LogP contribution is -2.31. The molecule has 1 amide bonds. The number of ether oxygens (including phenoxy) is 2. The van der Waals surface area contributed by atoms with Crippen LogP contribution < -0.4 is 4.90 Å². The molecular formula is C23H23NO6. The lowest BCUT2D eigenvalue weighted by atomic mass is 10.0. The van der Waals surface area contributed by atoms with Crippen LogP contribution in [-0.2, 0) is 19.1 Å². The second-order valence-corrected chi connectivity index (χ2v) is 7.01. The molecule has 30 heavy (non-hydrogen) atoms. The number of methoxy groups -OCH3 is 1. The molecular weight excluding hydrogens is 386 g/mol. The van der Waals surface area contributed by atoms with Crippen LogP contribution in [0.2, 0.25) is 0 Å². The molecule has 0 aromatic heterocycles. The predicted octanol–water partition coefficient (Wildman–Crippen LogP) is 3.03. The largest absolute Gasteiger partial charge is 0.465 e. The predicted molar refractivity (Wildman–Crippen MR) is 109 cm³/mol. The zero-order valence-corrected chi connectivity index (χ0v) is 16.9. The van der Waals surface area contributed by atoms with Crippen molar-refractivity contribution < 1.29 is 28.7 Å². The van der Waals surface area contributed by atoms with Crippen LogP contribution in [0.5, 0.6) is 0 Å². The van der Waals surface area contributed by atoms with E-state index in [2.05, 4.69) is 4.74 Å². The number of esters is 2. The van der Waals surface area contributed by atoms with Crippen molar-refractivity contribution in [3.05, 3.63) is 65.7 Å². The van der Waals surface area contributed by atoms with Gasteiger partial charge in [-0.3, -0.25) is 14.4 Å². The first-order chi connectivity index (χ1) is 14.4. The van der Waals surface area contributed by atoms with Crippen molar-refractivity contribution in [2.45, 2.75) is 25.9 Å². The fourth-order valence-corrected chi connectivity index (χ4v) is 3.36. The maximum atomic E-state index is 12.6. The van der Waals surface area contributed by atoms with Crippen LogP contribution in [0.4, 0.5) is 5.69 Å². The van der Waals surface area contributed by atoms with Crippen LogP contribution in [-0.4, -0.2) is 43.4 Å². The average molecular weight is 409 g/mol. The molecule has 2 atom stereocenters. The van der Waals surface area contributed by atoms with E-state index in [4.69, 9.17) is 4.74 Å². The summed E-state index contributed by atoms with van der Waals surface area (Å²) in [7, 11) is 1.29. The van der Waals surface area contributed by atoms with Crippen LogP contribution in [0.3, 0.4) is 0 Å². The van der Waals surface area contributed by atoms with Crippen molar-refractivity contribution in [3.8, 4) is 0 Å². The minimum absolute atomic E-state index is 0.00749. The fourth-order valence-electron chi connectivity index (χ4n) is 3.36. The van der Waals surface area contributed by atoms with Crippen LogP contribution in [0.25, 0.3) is 0 Å². The summed E-state index contributed by atoms with van der Waals surface area (Å²) >= 11 is 0. The molecule has 7 heteroatoms. The van der Waals surface area contributed by atoms with Gasteiger partial charge in [-0.05, 0) is 30.7 Å². The lowest BCUT2D eigenvalue weighted by Gasteiger charge is -2.19. The quantitative estimate of drug-likeness (QED) is 0.516. The molecule has 0 unspecified atom stereocenters. The third-order valence-electron chi connectivity index (χ3n) is 5.04. The summed E-state index contributed by atoms with van der Waals surface area (Å²) in [5.74, 6) is -2.16. The van der Waals surface area contributed by atoms with E-state index in [0.717, 1.165) is 0 Å². The first kappa shape index (κ1) is 21.2. The second kappa shape index (κ2) is 9.35. The van der Waals surface area contributed by atoms with Crippen LogP contribution in [0.1, 0.15) is 40.5 Å². The van der Waals surface area contributed by atoms with Gasteiger partial charge in [0.25, 0.3) is 0 Å². The summed E-state index contributed by atoms with van der Waals surface area (Å²) in [6.07, 6.45) is -0.532. The van der Waals surface area contributed by atoms with Gasteiger partial charge >= 0.3 is 11.9 Å². The number of rotatable bonds is 7. The molecule has 1 heterocycles. The minimum atomic E-state index is -0.886. The van der Waals surface area contributed by atoms with Gasteiger partial charge < -0.3 is 14.4 Å². The van der Waals surface area contributed by atoms with Crippen LogP contribution in [0, 0.1) is 5.92 Å². The van der Waals surface area contributed by atoms with Crippen molar-refractivity contribution in [2.75, 3.05) is 18.6 Å². The van der Waals surface area contributed by atoms with E-state index in [1.165, 1.54) is 12.0 Å². The number of benzene rings is 2. The van der Waals surface area contributed by atoms with Crippen molar-refractivity contribution in [3.63, 3.8) is 0 Å². The average Bonchev–Trinajstić information content (AvgIpc) is 3.18. The Labute approximate surface area is 174 Å². The summed E-state index contributed by atoms with van der Waals surface area (Å²) in [6, 6.07) is 15.0. The molecule has 1 saturated heterocycles. The van der Waals surface area contributed by atoms with Crippen molar-refractivity contribution in [1.29, 1.82) is 0 Å². The molecule has 0 aliphatic carbocycles. The first-order valence-corrected chi connectivity index (χ1v) is 9.73. The maximum absolute atomic E-state index is 12.6. The van der Waals surface area contributed by atoms with E-state index < -0.39 is 24.0 Å². The number of hydrogen-bond acceptors (Lipinski definition) is 6. The Hall–Kier alpha value is -3.48. The van der Waals surface area contributed by atoms with E-state index in [9.17, 15) is 19.2 Å². The normalized spacial score (nSPS) is 16.8. The van der Waals surface area contributed by atoms with Gasteiger partial charge in [0.1, 0.15) is 0 Å². The van der Waals surface area contributed by atoms with E-state index in [1.807, 2.05) is 0 Å². The second-order valence-electron chi connectivity index (χ2n) is 7.01. The zero-order chi connectivity index (χ0) is 21.7. The Morgan fingerprint density at radius 2 is 1.70 bits per heavy atom. The molecule has 0 radical (unpaired) electrons. The number of nitrogens with zero attached hydrogens (tertiary/aromatic N) is 1. The highest BCUT2D eigenvalue weighted by atomic mass is 16.5. The third-order valence-corrected chi connectivity index (χ3v) is 5.04. The maximum Gasteiger partial charge on any atom is 0.337 e. The highest BCUT2D eigenvalue weighted by molar-refractivity contribution is 6.02. The van der Waals surface area contributed by atoms with Gasteiger partial charge in [0, 0.05) is 24.2 Å². The Kier molecular flexibility index (Phi) is 6.61. The van der Waals surface area contributed by atoms with Gasteiger partial charge in [-0.15, -0.1) is 0 Å². The molecule has 156 valence electrons. The number of hydrogen-bond donors (Lipinski definition) is 0. The summed E-state index contributed by atoms with van der Waals surface area (Å²) in [5, 5.41) is 0. The highest BCUT2D eigenvalue weighted by Crippen LogP contribution is 2.27. The molecule has 0 saturated carbocycles. The summed E-state index contributed by atoms with van der Waals surface area (Å²) in [4.78, 5) is 50.7. The van der Waals surface area contributed by atoms with Gasteiger partial charge in [-0.25, -0.2) is 4.79 Å². The van der Waals surface area contributed by atoms with E-state index in [0.29, 0.717) is 23.2 Å². The Morgan fingerprint density at radius 1 is 1.03 bits per heavy atom. The van der Waals surface area contributed by atoms with E-state index >= 15 is 0 Å². The summed E-state index contributed by atoms with van der Waals surface area (Å²) in [5.41, 5.74) is 1.43. The van der Waals surface area contributed by atoms with Gasteiger partial charge in [-0.1, -0.05) is 37.3 Å². The highest BCUT2D eigenvalue weighted by Gasteiger charge is 2.37. The monoisotopic (exact) mass is 409 g/mol. The van der Waals surface area contributed by atoms with Gasteiger partial charge in [0.05, 0.1) is 18.6 Å². The zero-order valence-electron chi connectivity index (χ0n) is 16.9. The molecule has 1 aliphatic heterocycles. The molecule has 1 aliphatic rings. The molecule has 7 nitrogen and oxygen atoms in total. The fraction of sp³-hybridized carbons (Fsp3) is 0.304. The van der Waals surface area contributed by atoms with Crippen LogP contribution >= 0.6 is 0 Å². The standard InChI is InChI=1S/C23H23NO6/c1-3-19(21(26)15-7-5-4-6-8-15)30-23(28)17-13-20(25)24(14-17)18-11-9-16(10-12-18)22(27)29-2/h4-12,17,19H,3,13-14H2,1-2H3/t17-,19+/m0/s1. The van der Waals surface area contributed by atoms with Crippen molar-refractivity contribution >= 4 is 29.3 Å². The van der Waals surface area contributed by atoms with E-state index in [-0.39, 0.29) is 24.7 Å². The number of ketones is 1. The molecule has 1 fully saturated rings. The number of anilines is 1. The molecule has 0 N–H and O–H groups in total. The van der Waals surface area contributed by atoms with Gasteiger partial charge in [0.2, 0.25) is 11.7 Å². The molecule has 0 bridgehead atoms. The molecule has 2 aromatic rings. The first-order valence-electron chi connectivity index (χ1n) is 9.73. The number of Topliss-reactive ketones (excluding diaryl/α,β-unsaturated/α-hetero) is 1. The Morgan fingerprint density at radius 3 is 2.30 bits per heavy atom. The Balaban J connectivity index is 1.65. The molecule has 2 aromatic carbocycles. The van der Waals surface area contributed by atoms with E-state index in [1.54, 1.807) is 61.5 Å². The van der Waals surface area contributed by atoms with Gasteiger partial charge in [0.15, 0.2) is 6.10 Å². The Bertz CT molecular complexity index is 938. The molecule has 3 rings (SSSR count). The number of carbonyl (C=O) groups is 4. The molecule has 0 spiro atoms. The third kappa shape index (κ3) is 4.56. The topological polar surface area (TPSA) is 90.0 Å². The summed E-state index contributed by atoms with van der Waals surface area (Å²) < 4.78 is 10.1. The lowest BCUT2D eigenvalue weighted by molar-refractivity contribution is -0.151. The van der Waals surface area contributed by atoms with Crippen molar-refractivity contribution in [1.82, 2.24) is 0 Å².